The summed E-state index contributed by atoms with van der Waals surface area (Å²) in [5.74, 6) is 3.43. The highest BCUT2D eigenvalue weighted by Crippen LogP contribution is 2.69. The molecule has 0 saturated heterocycles. The number of hydrogen-bond acceptors (Lipinski definition) is 1. The van der Waals surface area contributed by atoms with Crippen LogP contribution in [-0.4, -0.2) is 4.57 Å². The van der Waals surface area contributed by atoms with Gasteiger partial charge >= 0.3 is 0 Å². The first-order valence-electron chi connectivity index (χ1n) is 22.1. The zero-order valence-corrected chi connectivity index (χ0v) is 33.7. The van der Waals surface area contributed by atoms with Crippen LogP contribution in [-0.2, 0) is 5.41 Å². The van der Waals surface area contributed by atoms with Crippen LogP contribution in [0.15, 0.2) is 194 Å². The second kappa shape index (κ2) is 13.2. The number of fused-ring (bicyclic) bond motifs is 6. The van der Waals surface area contributed by atoms with E-state index < -0.39 is 0 Å². The Morgan fingerprint density at radius 3 is 1.62 bits per heavy atom. The molecule has 4 saturated carbocycles. The highest BCUT2D eigenvalue weighted by molar-refractivity contribution is 6.09. The van der Waals surface area contributed by atoms with Crippen LogP contribution in [0.1, 0.15) is 43.2 Å². The molecule has 1 aromatic heterocycles. The van der Waals surface area contributed by atoms with Crippen molar-refractivity contribution in [2.45, 2.75) is 37.5 Å². The summed E-state index contributed by atoms with van der Waals surface area (Å²) in [7, 11) is 0. The van der Waals surface area contributed by atoms with Gasteiger partial charge in [0.1, 0.15) is 0 Å². The molecule has 0 atom stereocenters. The maximum absolute atomic E-state index is 2.55. The van der Waals surface area contributed by atoms with Crippen LogP contribution in [0.3, 0.4) is 0 Å². The molecule has 0 N–H and O–H groups in total. The van der Waals surface area contributed by atoms with Crippen LogP contribution in [0.4, 0.5) is 17.1 Å². The van der Waals surface area contributed by atoms with Crippen molar-refractivity contribution in [1.82, 2.24) is 4.57 Å². The van der Waals surface area contributed by atoms with Crippen molar-refractivity contribution in [1.29, 1.82) is 0 Å². The van der Waals surface area contributed by atoms with Crippen LogP contribution < -0.4 is 4.90 Å². The number of nitrogens with zero attached hydrogens (tertiary/aromatic N) is 2. The van der Waals surface area contributed by atoms with Crippen LogP contribution >= 0.6 is 0 Å². The van der Waals surface area contributed by atoms with E-state index in [-0.39, 0.29) is 5.41 Å². The molecular formula is C58H46N2. The predicted octanol–water partition coefficient (Wildman–Crippen LogP) is 15.3. The van der Waals surface area contributed by atoms with Crippen molar-refractivity contribution in [2.75, 3.05) is 4.90 Å². The summed E-state index contributed by atoms with van der Waals surface area (Å²) in [6.07, 6.45) is 7.12. The van der Waals surface area contributed by atoms with Crippen molar-refractivity contribution in [3.63, 3.8) is 0 Å². The van der Waals surface area contributed by atoms with Crippen molar-refractivity contribution >= 4 is 38.9 Å². The summed E-state index contributed by atoms with van der Waals surface area (Å²) in [5, 5.41) is 2.55. The lowest BCUT2D eigenvalue weighted by Crippen LogP contribution is -2.55. The molecule has 0 radical (unpaired) electrons. The summed E-state index contributed by atoms with van der Waals surface area (Å²) < 4.78 is 2.40. The smallest absolute Gasteiger partial charge is 0.0541 e. The van der Waals surface area contributed by atoms with Crippen molar-refractivity contribution in [3.8, 4) is 39.1 Å². The SMILES string of the molecule is c1ccc(-c2ccc(N(c3ccc(-n4c5ccccc5c5ccccc54)cc3)c3cccc(-c4ccc5c(c4)-c4ccccc4C54C5CC6CC(C5)CC4C6)c3)cc2)cc1. The Balaban J connectivity index is 0.919. The summed E-state index contributed by atoms with van der Waals surface area (Å²) in [6, 6.07) is 72.5. The maximum Gasteiger partial charge on any atom is 0.0541 e. The molecule has 0 unspecified atom stereocenters. The third-order valence-electron chi connectivity index (χ3n) is 15.2. The fraction of sp³-hybridized carbons (Fsp3) is 0.172. The minimum atomic E-state index is 0.188. The molecular weight excluding hydrogens is 725 g/mol. The van der Waals surface area contributed by atoms with E-state index in [0.29, 0.717) is 0 Å². The molecule has 14 rings (SSSR count). The second-order valence-electron chi connectivity index (χ2n) is 18.2. The van der Waals surface area contributed by atoms with Crippen LogP contribution in [0.2, 0.25) is 0 Å². The molecule has 9 aromatic rings. The molecule has 1 heterocycles. The fourth-order valence-corrected chi connectivity index (χ4v) is 13.0. The van der Waals surface area contributed by atoms with Gasteiger partial charge in [-0.3, -0.25) is 0 Å². The molecule has 0 aliphatic heterocycles. The van der Waals surface area contributed by atoms with Crippen molar-refractivity contribution in [2.24, 2.45) is 23.7 Å². The molecule has 1 spiro atoms. The number of anilines is 3. The Morgan fingerprint density at radius 2 is 0.917 bits per heavy atom. The first-order valence-corrected chi connectivity index (χ1v) is 22.1. The number of para-hydroxylation sites is 2. The van der Waals surface area contributed by atoms with E-state index in [9.17, 15) is 0 Å². The second-order valence-corrected chi connectivity index (χ2v) is 18.2. The third-order valence-corrected chi connectivity index (χ3v) is 15.2. The summed E-state index contributed by atoms with van der Waals surface area (Å²) in [6.45, 7) is 0. The van der Waals surface area contributed by atoms with E-state index >= 15 is 0 Å². The van der Waals surface area contributed by atoms with E-state index in [0.717, 1.165) is 46.4 Å². The fourth-order valence-electron chi connectivity index (χ4n) is 13.0. The minimum absolute atomic E-state index is 0.188. The molecule has 0 amide bonds. The first-order chi connectivity index (χ1) is 29.7. The largest absolute Gasteiger partial charge is 0.310 e. The lowest BCUT2D eigenvalue weighted by atomic mass is 9.43. The molecule has 60 heavy (non-hydrogen) atoms. The molecule has 2 nitrogen and oxygen atoms in total. The molecule has 5 aliphatic carbocycles. The molecule has 4 bridgehead atoms. The Kier molecular flexibility index (Phi) is 7.52. The topological polar surface area (TPSA) is 8.17 Å². The Bertz CT molecular complexity index is 3020. The van der Waals surface area contributed by atoms with Gasteiger partial charge in [0.15, 0.2) is 0 Å². The van der Waals surface area contributed by atoms with Crippen molar-refractivity contribution < 1.29 is 0 Å². The molecule has 288 valence electrons. The Hall–Kier alpha value is -6.64. The Morgan fingerprint density at radius 1 is 0.383 bits per heavy atom. The molecule has 2 heteroatoms. The van der Waals surface area contributed by atoms with Crippen LogP contribution in [0.5, 0.6) is 0 Å². The Labute approximate surface area is 352 Å². The summed E-state index contributed by atoms with van der Waals surface area (Å²) in [5.41, 5.74) is 18.3. The molecule has 8 aromatic carbocycles. The minimum Gasteiger partial charge on any atom is -0.310 e. The average molecular weight is 771 g/mol. The van der Waals surface area contributed by atoms with Gasteiger partial charge in [-0.2, -0.15) is 0 Å². The predicted molar refractivity (Wildman–Crippen MR) is 250 cm³/mol. The zero-order chi connectivity index (χ0) is 39.4. The van der Waals surface area contributed by atoms with Gasteiger partial charge in [0.2, 0.25) is 0 Å². The lowest BCUT2D eigenvalue weighted by Gasteiger charge is -2.61. The van der Waals surface area contributed by atoms with Gasteiger partial charge in [-0.1, -0.05) is 127 Å². The highest BCUT2D eigenvalue weighted by atomic mass is 15.1. The number of hydrogen-bond donors (Lipinski definition) is 0. The molecule has 4 fully saturated rings. The van der Waals surface area contributed by atoms with Gasteiger partial charge < -0.3 is 9.47 Å². The van der Waals surface area contributed by atoms with Gasteiger partial charge in [0, 0.05) is 38.9 Å². The normalized spacial score (nSPS) is 22.1. The van der Waals surface area contributed by atoms with Crippen LogP contribution in [0.25, 0.3) is 60.9 Å². The van der Waals surface area contributed by atoms with Crippen molar-refractivity contribution in [3.05, 3.63) is 205 Å². The summed E-state index contributed by atoms with van der Waals surface area (Å²) in [4.78, 5) is 2.42. The number of benzene rings is 8. The van der Waals surface area contributed by atoms with Gasteiger partial charge in [-0.25, -0.2) is 0 Å². The summed E-state index contributed by atoms with van der Waals surface area (Å²) >= 11 is 0. The van der Waals surface area contributed by atoms with E-state index in [4.69, 9.17) is 0 Å². The third kappa shape index (κ3) is 5.00. The van der Waals surface area contributed by atoms with E-state index in [1.165, 1.54) is 87.3 Å². The van der Waals surface area contributed by atoms with Gasteiger partial charge in [-0.15, -0.1) is 0 Å². The lowest BCUT2D eigenvalue weighted by molar-refractivity contribution is -0.0399. The van der Waals surface area contributed by atoms with Gasteiger partial charge in [0.25, 0.3) is 0 Å². The van der Waals surface area contributed by atoms with Gasteiger partial charge in [0.05, 0.1) is 11.0 Å². The number of aromatic nitrogens is 1. The van der Waals surface area contributed by atoms with Crippen LogP contribution in [0, 0.1) is 23.7 Å². The quantitative estimate of drug-likeness (QED) is 0.163. The van der Waals surface area contributed by atoms with E-state index in [1.807, 2.05) is 0 Å². The van der Waals surface area contributed by atoms with E-state index in [1.54, 1.807) is 11.1 Å². The molecule has 5 aliphatic rings. The van der Waals surface area contributed by atoms with E-state index in [2.05, 4.69) is 204 Å². The average Bonchev–Trinajstić information content (AvgIpc) is 3.80. The monoisotopic (exact) mass is 770 g/mol. The highest BCUT2D eigenvalue weighted by Gasteiger charge is 2.61. The number of rotatable bonds is 6. The zero-order valence-electron chi connectivity index (χ0n) is 33.7. The van der Waals surface area contributed by atoms with Gasteiger partial charge in [-0.05, 0) is 167 Å². The maximum atomic E-state index is 2.55. The standard InChI is InChI=1S/C58H46N2/c1-2-11-40(12-3-1)41-21-24-46(25-22-41)59(47-26-28-48(29-27-47)60-56-19-8-5-16-51(56)52-17-6-9-20-57(52)60)49-14-10-13-42(36-49)43-23-30-55-53(37-43)50-15-4-7-18-54(50)58(55)44-32-38-31-39(34-44)35-45(58)33-38/h1-30,36-39,44-45H,31-35H2. The first kappa shape index (κ1) is 34.2.